The fourth-order valence-corrected chi connectivity index (χ4v) is 0.724. The Morgan fingerprint density at radius 2 is 2.00 bits per heavy atom. The molecule has 0 unspecified atom stereocenters. The highest BCUT2D eigenvalue weighted by Gasteiger charge is 2.14. The van der Waals surface area contributed by atoms with Gasteiger partial charge in [-0.15, -0.1) is 0 Å². The van der Waals surface area contributed by atoms with Crippen LogP contribution in [0.25, 0.3) is 0 Å². The second-order valence-corrected chi connectivity index (χ2v) is 3.87. The van der Waals surface area contributed by atoms with Crippen LogP contribution in [-0.2, 0) is 4.74 Å². The predicted octanol–water partition coefficient (Wildman–Crippen LogP) is 1.41. The largest absolute Gasteiger partial charge is 0.444 e. The molecule has 0 aliphatic carbocycles. The van der Waals surface area contributed by atoms with Gasteiger partial charge in [0.15, 0.2) is 0 Å². The highest BCUT2D eigenvalue weighted by Crippen LogP contribution is 2.05. The number of carbonyl (C=O) groups is 1. The zero-order chi connectivity index (χ0) is 9.61. The molecule has 12 heavy (non-hydrogen) atoms. The normalized spacial score (nSPS) is 11.0. The van der Waals surface area contributed by atoms with Crippen molar-refractivity contribution < 1.29 is 9.53 Å². The molecule has 4 nitrogen and oxygen atoms in total. The summed E-state index contributed by atoms with van der Waals surface area (Å²) in [6.07, 6.45) is -0.384. The van der Waals surface area contributed by atoms with Crippen LogP contribution in [0.5, 0.6) is 0 Å². The third-order valence-corrected chi connectivity index (χ3v) is 1.28. The lowest BCUT2D eigenvalue weighted by atomic mass is 10.2. The van der Waals surface area contributed by atoms with E-state index in [-0.39, 0.29) is 6.09 Å². The summed E-state index contributed by atoms with van der Waals surface area (Å²) in [6.45, 7) is 6.69. The smallest absolute Gasteiger partial charge is 0.407 e. The lowest BCUT2D eigenvalue weighted by Gasteiger charge is -2.19. The number of alkyl carbamates (subject to hydrolysis) is 1. The van der Waals surface area contributed by atoms with Gasteiger partial charge >= 0.3 is 6.09 Å². The number of hydrogen-bond donors (Lipinski definition) is 2. The molecule has 0 aromatic heterocycles. The van der Waals surface area contributed by atoms with Crippen molar-refractivity contribution in [1.29, 1.82) is 0 Å². The van der Waals surface area contributed by atoms with Crippen molar-refractivity contribution in [1.82, 2.24) is 9.66 Å². The molecule has 0 aromatic rings. The summed E-state index contributed by atoms with van der Waals surface area (Å²) in [4.78, 5) is 11.0. The van der Waals surface area contributed by atoms with Crippen molar-refractivity contribution in [2.24, 2.45) is 0 Å². The third kappa shape index (κ3) is 7.81. The standard InChI is InChI=1S/C7H15BrN2O2/c1-7(2,3)12-6(11)9-4-5-10-8/h10H,4-5H2,1-3H3,(H,9,11). The van der Waals surface area contributed by atoms with E-state index in [1.54, 1.807) is 0 Å². The van der Waals surface area contributed by atoms with Gasteiger partial charge in [0.25, 0.3) is 0 Å². The molecule has 0 saturated carbocycles. The average molecular weight is 239 g/mol. The molecule has 0 aliphatic rings. The maximum absolute atomic E-state index is 11.0. The third-order valence-electron chi connectivity index (χ3n) is 0.888. The van der Waals surface area contributed by atoms with E-state index < -0.39 is 5.60 Å². The van der Waals surface area contributed by atoms with Gasteiger partial charge in [0.2, 0.25) is 0 Å². The molecular formula is C7H15BrN2O2. The van der Waals surface area contributed by atoms with E-state index in [4.69, 9.17) is 4.74 Å². The fraction of sp³-hybridized carbons (Fsp3) is 0.857. The molecule has 0 aromatic carbocycles. The van der Waals surface area contributed by atoms with E-state index in [2.05, 4.69) is 25.8 Å². The minimum absolute atomic E-state index is 0.384. The number of carbonyl (C=O) groups excluding carboxylic acids is 1. The fourth-order valence-electron chi connectivity index (χ4n) is 0.526. The van der Waals surface area contributed by atoms with E-state index in [9.17, 15) is 4.79 Å². The van der Waals surface area contributed by atoms with Gasteiger partial charge < -0.3 is 10.1 Å². The summed E-state index contributed by atoms with van der Waals surface area (Å²) < 4.78 is 7.72. The van der Waals surface area contributed by atoms with E-state index >= 15 is 0 Å². The van der Waals surface area contributed by atoms with Crippen LogP contribution < -0.4 is 9.66 Å². The van der Waals surface area contributed by atoms with Crippen molar-refractivity contribution in [3.05, 3.63) is 0 Å². The van der Waals surface area contributed by atoms with Gasteiger partial charge in [-0.2, -0.15) is 0 Å². The van der Waals surface area contributed by atoms with Crippen LogP contribution in [0.15, 0.2) is 0 Å². The Kier molecular flexibility index (Phi) is 5.24. The van der Waals surface area contributed by atoms with E-state index in [0.717, 1.165) is 0 Å². The molecule has 0 aliphatic heterocycles. The summed E-state index contributed by atoms with van der Waals surface area (Å²) in [5, 5.41) is 2.59. The Bertz CT molecular complexity index is 145. The number of halogens is 1. The highest BCUT2D eigenvalue weighted by molar-refractivity contribution is 9.08. The highest BCUT2D eigenvalue weighted by atomic mass is 79.9. The molecule has 0 bridgehead atoms. The second-order valence-electron chi connectivity index (χ2n) is 3.31. The van der Waals surface area contributed by atoms with Crippen molar-refractivity contribution >= 4 is 22.2 Å². The number of nitrogens with one attached hydrogen (secondary N) is 2. The van der Waals surface area contributed by atoms with Gasteiger partial charge in [-0.1, -0.05) is 0 Å². The van der Waals surface area contributed by atoms with Gasteiger partial charge in [0, 0.05) is 29.2 Å². The van der Waals surface area contributed by atoms with Crippen LogP contribution in [0.3, 0.4) is 0 Å². The summed E-state index contributed by atoms with van der Waals surface area (Å²) >= 11 is 3.02. The van der Waals surface area contributed by atoms with Gasteiger partial charge in [-0.25, -0.2) is 4.79 Å². The number of rotatable bonds is 3. The van der Waals surface area contributed by atoms with Crippen molar-refractivity contribution in [2.75, 3.05) is 13.1 Å². The zero-order valence-corrected chi connectivity index (χ0v) is 9.19. The predicted molar refractivity (Wildman–Crippen MR) is 51.2 cm³/mol. The quantitative estimate of drug-likeness (QED) is 0.578. The first kappa shape index (κ1) is 11.7. The minimum Gasteiger partial charge on any atom is -0.444 e. The summed E-state index contributed by atoms with van der Waals surface area (Å²) in [7, 11) is 0. The molecule has 5 heteroatoms. The Hall–Kier alpha value is -0.290. The number of hydrogen-bond acceptors (Lipinski definition) is 3. The first-order valence-electron chi connectivity index (χ1n) is 3.76. The molecule has 0 rings (SSSR count). The average Bonchev–Trinajstić information content (AvgIpc) is 1.84. The summed E-state index contributed by atoms with van der Waals surface area (Å²) in [5.41, 5.74) is -0.425. The van der Waals surface area contributed by atoms with Gasteiger partial charge in [-0.3, -0.25) is 4.34 Å². The lowest BCUT2D eigenvalue weighted by molar-refractivity contribution is 0.0529. The van der Waals surface area contributed by atoms with Gasteiger partial charge in [0.1, 0.15) is 5.60 Å². The van der Waals surface area contributed by atoms with Crippen molar-refractivity contribution in [2.45, 2.75) is 26.4 Å². The van der Waals surface area contributed by atoms with E-state index in [1.165, 1.54) is 0 Å². The van der Waals surface area contributed by atoms with Crippen LogP contribution in [0.1, 0.15) is 20.8 Å². The molecule has 0 heterocycles. The molecule has 72 valence electrons. The molecule has 1 amide bonds. The molecule has 2 N–H and O–H groups in total. The van der Waals surface area contributed by atoms with Crippen LogP contribution >= 0.6 is 16.1 Å². The second kappa shape index (κ2) is 5.37. The Balaban J connectivity index is 3.47. The monoisotopic (exact) mass is 238 g/mol. The van der Waals surface area contributed by atoms with Gasteiger partial charge in [0.05, 0.1) is 0 Å². The van der Waals surface area contributed by atoms with E-state index in [1.807, 2.05) is 20.8 Å². The first-order chi connectivity index (χ1) is 5.45. The molecule has 0 fully saturated rings. The van der Waals surface area contributed by atoms with Crippen molar-refractivity contribution in [3.63, 3.8) is 0 Å². The van der Waals surface area contributed by atoms with Crippen LogP contribution in [-0.4, -0.2) is 24.8 Å². The van der Waals surface area contributed by atoms with Crippen LogP contribution in [0.4, 0.5) is 4.79 Å². The first-order valence-corrected chi connectivity index (χ1v) is 4.55. The minimum atomic E-state index is -0.425. The SMILES string of the molecule is CC(C)(C)OC(=O)NCCNBr. The Labute approximate surface area is 81.4 Å². The Morgan fingerprint density at radius 1 is 1.42 bits per heavy atom. The molecule has 0 spiro atoms. The summed E-state index contributed by atoms with van der Waals surface area (Å²) in [5.74, 6) is 0. The van der Waals surface area contributed by atoms with Crippen molar-refractivity contribution in [3.8, 4) is 0 Å². The number of ether oxygens (including phenoxy) is 1. The van der Waals surface area contributed by atoms with Crippen LogP contribution in [0, 0.1) is 0 Å². The molecule has 0 atom stereocenters. The van der Waals surface area contributed by atoms with Gasteiger partial charge in [-0.05, 0) is 20.8 Å². The molecule has 0 saturated heterocycles. The molecule has 0 radical (unpaired) electrons. The van der Waals surface area contributed by atoms with Crippen LogP contribution in [0.2, 0.25) is 0 Å². The maximum atomic E-state index is 11.0. The zero-order valence-electron chi connectivity index (χ0n) is 7.61. The number of amides is 1. The van der Waals surface area contributed by atoms with E-state index in [0.29, 0.717) is 13.1 Å². The topological polar surface area (TPSA) is 50.4 Å². The lowest BCUT2D eigenvalue weighted by Crippen LogP contribution is -2.35. The summed E-state index contributed by atoms with van der Waals surface area (Å²) in [6, 6.07) is 0. The molecular weight excluding hydrogens is 224 g/mol. The Morgan fingerprint density at radius 3 is 2.42 bits per heavy atom. The maximum Gasteiger partial charge on any atom is 0.407 e.